The summed E-state index contributed by atoms with van der Waals surface area (Å²) in [5, 5.41) is 0. The first-order chi connectivity index (χ1) is 14.7. The molecule has 0 unspecified atom stereocenters. The third-order valence-electron chi connectivity index (χ3n) is 4.75. The van der Waals surface area contributed by atoms with Gasteiger partial charge in [0.05, 0.1) is 11.9 Å². The van der Waals surface area contributed by atoms with Crippen LogP contribution >= 0.6 is 0 Å². The van der Waals surface area contributed by atoms with Crippen LogP contribution in [-0.4, -0.2) is 39.1 Å². The Bertz CT molecular complexity index is 1130. The molecule has 3 aromatic carbocycles. The number of anilines is 1. The molecule has 0 N–H and O–H groups in total. The fraction of sp³-hybridized carbons (Fsp3) is 0.208. The minimum absolute atomic E-state index is 0.311. The number of rotatable bonds is 8. The second-order valence-electron chi connectivity index (χ2n) is 7.39. The minimum Gasteiger partial charge on any atom is -0.455 e. The van der Waals surface area contributed by atoms with Crippen molar-refractivity contribution in [3.05, 3.63) is 90.0 Å². The lowest BCUT2D eigenvalue weighted by Crippen LogP contribution is -2.41. The molecule has 0 fully saturated rings. The molecule has 0 atom stereocenters. The number of carbonyl (C=O) groups excluding carboxylic acids is 1. The van der Waals surface area contributed by atoms with Crippen molar-refractivity contribution in [3.63, 3.8) is 0 Å². The number of benzene rings is 3. The maximum atomic E-state index is 12.9. The molecule has 7 heteroatoms. The largest absolute Gasteiger partial charge is 0.455 e. The summed E-state index contributed by atoms with van der Waals surface area (Å²) in [6.45, 7) is 2.06. The summed E-state index contributed by atoms with van der Waals surface area (Å²) in [5.41, 5.74) is 2.42. The van der Waals surface area contributed by atoms with Crippen LogP contribution in [-0.2, 0) is 21.4 Å². The van der Waals surface area contributed by atoms with E-state index in [0.717, 1.165) is 21.7 Å². The van der Waals surface area contributed by atoms with E-state index in [4.69, 9.17) is 4.74 Å². The number of carbonyl (C=O) groups is 1. The van der Waals surface area contributed by atoms with Crippen LogP contribution in [0, 0.1) is 6.92 Å². The number of para-hydroxylation sites is 3. The Balaban J connectivity index is 1.83. The Labute approximate surface area is 183 Å². The molecule has 0 aliphatic carbocycles. The maximum Gasteiger partial charge on any atom is 0.243 e. The molecular formula is C24H26N2O4S. The monoisotopic (exact) mass is 438 g/mol. The topological polar surface area (TPSA) is 66.9 Å². The SMILES string of the molecule is Cc1ccc(CN(C)C(=O)CN(c2ccccc2Oc2ccccc2)S(C)(=O)=O)cc1. The van der Waals surface area contributed by atoms with Gasteiger partial charge in [-0.05, 0) is 36.8 Å². The van der Waals surface area contributed by atoms with Gasteiger partial charge < -0.3 is 9.64 Å². The van der Waals surface area contributed by atoms with Gasteiger partial charge >= 0.3 is 0 Å². The average molecular weight is 439 g/mol. The van der Waals surface area contributed by atoms with E-state index in [1.54, 1.807) is 43.4 Å². The summed E-state index contributed by atoms with van der Waals surface area (Å²) in [6.07, 6.45) is 1.08. The number of aryl methyl sites for hydroxylation is 1. The predicted molar refractivity (Wildman–Crippen MR) is 123 cm³/mol. The zero-order valence-electron chi connectivity index (χ0n) is 17.9. The Morgan fingerprint density at radius 1 is 0.903 bits per heavy atom. The van der Waals surface area contributed by atoms with Crippen LogP contribution in [0.1, 0.15) is 11.1 Å². The van der Waals surface area contributed by atoms with E-state index in [2.05, 4.69) is 0 Å². The molecule has 0 aliphatic rings. The molecule has 0 heterocycles. The summed E-state index contributed by atoms with van der Waals surface area (Å²) < 4.78 is 32.2. The summed E-state index contributed by atoms with van der Waals surface area (Å²) >= 11 is 0. The van der Waals surface area contributed by atoms with Gasteiger partial charge in [-0.2, -0.15) is 0 Å². The molecule has 0 aromatic heterocycles. The van der Waals surface area contributed by atoms with E-state index >= 15 is 0 Å². The molecule has 3 aromatic rings. The van der Waals surface area contributed by atoms with Crippen molar-refractivity contribution in [2.45, 2.75) is 13.5 Å². The Kier molecular flexibility index (Phi) is 6.97. The van der Waals surface area contributed by atoms with E-state index in [-0.39, 0.29) is 12.5 Å². The van der Waals surface area contributed by atoms with Gasteiger partial charge in [-0.15, -0.1) is 0 Å². The van der Waals surface area contributed by atoms with Crippen LogP contribution in [0.15, 0.2) is 78.9 Å². The lowest BCUT2D eigenvalue weighted by atomic mass is 10.1. The van der Waals surface area contributed by atoms with Crippen molar-refractivity contribution in [2.24, 2.45) is 0 Å². The number of likely N-dealkylation sites (N-methyl/N-ethyl adjacent to an activating group) is 1. The highest BCUT2D eigenvalue weighted by Crippen LogP contribution is 2.33. The molecule has 0 radical (unpaired) electrons. The van der Waals surface area contributed by atoms with Crippen molar-refractivity contribution in [1.82, 2.24) is 4.90 Å². The first kappa shape index (κ1) is 22.4. The van der Waals surface area contributed by atoms with Gasteiger partial charge in [0.25, 0.3) is 0 Å². The van der Waals surface area contributed by atoms with E-state index in [0.29, 0.717) is 23.7 Å². The molecular weight excluding hydrogens is 412 g/mol. The third kappa shape index (κ3) is 6.08. The number of sulfonamides is 1. The number of ether oxygens (including phenoxy) is 1. The zero-order chi connectivity index (χ0) is 22.4. The van der Waals surface area contributed by atoms with Gasteiger partial charge in [0.15, 0.2) is 5.75 Å². The minimum atomic E-state index is -3.73. The second kappa shape index (κ2) is 9.66. The van der Waals surface area contributed by atoms with Crippen LogP contribution in [0.25, 0.3) is 0 Å². The van der Waals surface area contributed by atoms with Crippen LogP contribution < -0.4 is 9.04 Å². The first-order valence-corrected chi connectivity index (χ1v) is 11.7. The zero-order valence-corrected chi connectivity index (χ0v) is 18.7. The molecule has 0 saturated heterocycles. The fourth-order valence-corrected chi connectivity index (χ4v) is 3.90. The molecule has 162 valence electrons. The second-order valence-corrected chi connectivity index (χ2v) is 9.29. The van der Waals surface area contributed by atoms with Crippen molar-refractivity contribution < 1.29 is 17.9 Å². The van der Waals surface area contributed by atoms with Gasteiger partial charge in [-0.25, -0.2) is 8.42 Å². The maximum absolute atomic E-state index is 12.9. The van der Waals surface area contributed by atoms with Gasteiger partial charge in [-0.3, -0.25) is 9.10 Å². The number of nitrogens with zero attached hydrogens (tertiary/aromatic N) is 2. The highest BCUT2D eigenvalue weighted by molar-refractivity contribution is 7.92. The predicted octanol–water partition coefficient (Wildman–Crippen LogP) is 4.21. The van der Waals surface area contributed by atoms with Crippen molar-refractivity contribution in [3.8, 4) is 11.5 Å². The normalized spacial score (nSPS) is 11.1. The van der Waals surface area contributed by atoms with Gasteiger partial charge in [0.1, 0.15) is 12.3 Å². The molecule has 0 bridgehead atoms. The lowest BCUT2D eigenvalue weighted by Gasteiger charge is -2.26. The number of hydrogen-bond acceptors (Lipinski definition) is 4. The average Bonchev–Trinajstić information content (AvgIpc) is 2.74. The molecule has 3 rings (SSSR count). The van der Waals surface area contributed by atoms with Crippen LogP contribution in [0.2, 0.25) is 0 Å². The number of amides is 1. The fourth-order valence-electron chi connectivity index (χ4n) is 3.05. The van der Waals surface area contributed by atoms with Crippen LogP contribution in [0.3, 0.4) is 0 Å². The van der Waals surface area contributed by atoms with Gasteiger partial charge in [-0.1, -0.05) is 60.2 Å². The molecule has 0 spiro atoms. The number of hydrogen-bond donors (Lipinski definition) is 0. The molecule has 0 saturated carbocycles. The van der Waals surface area contributed by atoms with Crippen LogP contribution in [0.5, 0.6) is 11.5 Å². The standard InChI is InChI=1S/C24H26N2O4S/c1-19-13-15-20(16-14-19)17-25(2)24(27)18-26(31(3,28)29)22-11-7-8-12-23(22)30-21-9-5-4-6-10-21/h4-16H,17-18H2,1-3H3. The molecule has 1 amide bonds. The van der Waals surface area contributed by atoms with Gasteiger partial charge in [0, 0.05) is 13.6 Å². The van der Waals surface area contributed by atoms with Crippen LogP contribution in [0.4, 0.5) is 5.69 Å². The van der Waals surface area contributed by atoms with Crippen molar-refractivity contribution in [1.29, 1.82) is 0 Å². The van der Waals surface area contributed by atoms with Crippen molar-refractivity contribution >= 4 is 21.6 Å². The molecule has 0 aliphatic heterocycles. The Hall–Kier alpha value is -3.32. The summed E-state index contributed by atoms with van der Waals surface area (Å²) in [5.74, 6) is 0.611. The third-order valence-corrected chi connectivity index (χ3v) is 5.88. The molecule has 31 heavy (non-hydrogen) atoms. The Morgan fingerprint density at radius 3 is 2.16 bits per heavy atom. The van der Waals surface area contributed by atoms with E-state index in [1.807, 2.05) is 49.4 Å². The highest BCUT2D eigenvalue weighted by Gasteiger charge is 2.25. The van der Waals surface area contributed by atoms with Crippen molar-refractivity contribution in [2.75, 3.05) is 24.2 Å². The van der Waals surface area contributed by atoms with Gasteiger partial charge in [0.2, 0.25) is 15.9 Å². The Morgan fingerprint density at radius 2 is 1.52 bits per heavy atom. The smallest absolute Gasteiger partial charge is 0.243 e. The highest BCUT2D eigenvalue weighted by atomic mass is 32.2. The van der Waals surface area contributed by atoms with E-state index in [9.17, 15) is 13.2 Å². The quantitative estimate of drug-likeness (QED) is 0.528. The summed E-state index contributed by atoms with van der Waals surface area (Å²) in [7, 11) is -2.07. The van der Waals surface area contributed by atoms with E-state index < -0.39 is 10.0 Å². The van der Waals surface area contributed by atoms with E-state index in [1.165, 1.54) is 4.90 Å². The lowest BCUT2D eigenvalue weighted by molar-refractivity contribution is -0.128. The summed E-state index contributed by atoms with van der Waals surface area (Å²) in [4.78, 5) is 14.4. The summed E-state index contributed by atoms with van der Waals surface area (Å²) in [6, 6.07) is 23.7. The molecule has 6 nitrogen and oxygen atoms in total. The first-order valence-electron chi connectivity index (χ1n) is 9.83.